The number of benzene rings is 2. The summed E-state index contributed by atoms with van der Waals surface area (Å²) in [6.07, 6.45) is 0. The Bertz CT molecular complexity index is 566. The zero-order chi connectivity index (χ0) is 13.3. The largest absolute Gasteiger partial charge is 0.322 e. The van der Waals surface area contributed by atoms with E-state index in [0.29, 0.717) is 13.1 Å². The molecule has 0 aliphatic carbocycles. The number of fused-ring (bicyclic) bond motifs is 1. The highest BCUT2D eigenvalue weighted by Gasteiger charge is 2.42. The van der Waals surface area contributed by atoms with E-state index < -0.39 is 5.92 Å². The van der Waals surface area contributed by atoms with Crippen LogP contribution in [0, 0.1) is 0 Å². The second-order valence-electron chi connectivity index (χ2n) is 5.13. The van der Waals surface area contributed by atoms with Crippen LogP contribution >= 0.6 is 0 Å². The van der Waals surface area contributed by atoms with E-state index >= 15 is 0 Å². The van der Waals surface area contributed by atoms with Crippen molar-refractivity contribution < 1.29 is 13.7 Å². The lowest BCUT2D eigenvalue weighted by atomic mass is 9.96. The van der Waals surface area contributed by atoms with Gasteiger partial charge in [-0.1, -0.05) is 54.6 Å². The number of alkyl halides is 2. The number of rotatable bonds is 2. The Balaban J connectivity index is 1.84. The van der Waals surface area contributed by atoms with Crippen molar-refractivity contribution in [1.82, 2.24) is 0 Å². The Labute approximate surface area is 111 Å². The molecule has 3 rings (SSSR count). The van der Waals surface area contributed by atoms with E-state index in [9.17, 15) is 8.78 Å². The van der Waals surface area contributed by atoms with Crippen molar-refractivity contribution in [2.24, 2.45) is 0 Å². The molecule has 2 aromatic carbocycles. The van der Waals surface area contributed by atoms with Crippen LogP contribution in [-0.4, -0.2) is 6.54 Å². The maximum atomic E-state index is 14.1. The van der Waals surface area contributed by atoms with Gasteiger partial charge in [0.25, 0.3) is 0 Å². The molecule has 1 nitrogen and oxygen atoms in total. The zero-order valence-corrected chi connectivity index (χ0v) is 10.6. The second kappa shape index (κ2) is 4.74. The predicted octanol–water partition coefficient (Wildman–Crippen LogP) is 2.38. The molecule has 0 bridgehead atoms. The summed E-state index contributed by atoms with van der Waals surface area (Å²) in [4.78, 5) is 0.912. The first kappa shape index (κ1) is 12.3. The minimum Gasteiger partial charge on any atom is -0.322 e. The van der Waals surface area contributed by atoms with Crippen molar-refractivity contribution in [3.8, 4) is 0 Å². The summed E-state index contributed by atoms with van der Waals surface area (Å²) in [7, 11) is 0. The fourth-order valence-corrected chi connectivity index (χ4v) is 2.78. The van der Waals surface area contributed by atoms with Gasteiger partial charge in [-0.2, -0.15) is 8.78 Å². The summed E-state index contributed by atoms with van der Waals surface area (Å²) in [6, 6.07) is 16.7. The summed E-state index contributed by atoms with van der Waals surface area (Å²) >= 11 is 0. The molecule has 0 aromatic heterocycles. The molecule has 0 fully saturated rings. The van der Waals surface area contributed by atoms with E-state index in [2.05, 4.69) is 0 Å². The fraction of sp³-hybridized carbons (Fsp3) is 0.250. The summed E-state index contributed by atoms with van der Waals surface area (Å²) < 4.78 is 28.3. The van der Waals surface area contributed by atoms with Gasteiger partial charge in [0.2, 0.25) is 0 Å². The molecule has 1 atom stereocenters. The Hall–Kier alpha value is -1.74. The summed E-state index contributed by atoms with van der Waals surface area (Å²) in [5.41, 5.74) is 2.07. The van der Waals surface area contributed by atoms with Crippen LogP contribution in [-0.2, 0) is 19.0 Å². The van der Waals surface area contributed by atoms with Crippen LogP contribution in [0.3, 0.4) is 0 Å². The van der Waals surface area contributed by atoms with Gasteiger partial charge in [-0.25, -0.2) is 0 Å². The van der Waals surface area contributed by atoms with Gasteiger partial charge in [0, 0.05) is 16.7 Å². The SMILES string of the molecule is FC1(F)C[NH+](Cc2ccccc2)Cc2ccccc21. The molecule has 2 aromatic rings. The number of halogens is 2. The molecule has 1 N–H and O–H groups in total. The molecule has 19 heavy (non-hydrogen) atoms. The molecule has 1 unspecified atom stereocenters. The Morgan fingerprint density at radius 2 is 1.63 bits per heavy atom. The molecule has 1 aliphatic heterocycles. The first-order chi connectivity index (χ1) is 9.15. The molecule has 3 heteroatoms. The summed E-state index contributed by atoms with van der Waals surface area (Å²) in [5, 5.41) is 0. The molecule has 1 heterocycles. The topological polar surface area (TPSA) is 4.44 Å². The molecule has 0 amide bonds. The lowest BCUT2D eigenvalue weighted by Gasteiger charge is -2.31. The molecule has 98 valence electrons. The molecule has 1 aliphatic rings. The van der Waals surface area contributed by atoms with Gasteiger partial charge in [0.1, 0.15) is 19.6 Å². The van der Waals surface area contributed by atoms with E-state index in [1.165, 1.54) is 0 Å². The van der Waals surface area contributed by atoms with Gasteiger partial charge in [-0.15, -0.1) is 0 Å². The van der Waals surface area contributed by atoms with E-state index in [4.69, 9.17) is 0 Å². The van der Waals surface area contributed by atoms with Gasteiger partial charge in [-0.3, -0.25) is 0 Å². The van der Waals surface area contributed by atoms with Crippen LogP contribution in [0.5, 0.6) is 0 Å². The maximum Gasteiger partial charge on any atom is 0.321 e. The third kappa shape index (κ3) is 2.51. The predicted molar refractivity (Wildman–Crippen MR) is 70.0 cm³/mol. The van der Waals surface area contributed by atoms with E-state index in [1.807, 2.05) is 42.5 Å². The normalized spacial score (nSPS) is 20.8. The minimum absolute atomic E-state index is 0.126. The highest BCUT2D eigenvalue weighted by Crippen LogP contribution is 2.31. The van der Waals surface area contributed by atoms with Gasteiger partial charge in [0.05, 0.1) is 0 Å². The molecular weight excluding hydrogens is 244 g/mol. The lowest BCUT2D eigenvalue weighted by Crippen LogP contribution is -3.11. The van der Waals surface area contributed by atoms with Crippen molar-refractivity contribution in [3.63, 3.8) is 0 Å². The molecule has 0 radical (unpaired) electrons. The first-order valence-electron chi connectivity index (χ1n) is 6.49. The summed E-state index contributed by atoms with van der Waals surface area (Å²) in [5.74, 6) is -2.72. The molecular formula is C16H16F2N+. The fourth-order valence-electron chi connectivity index (χ4n) is 2.78. The highest BCUT2D eigenvalue weighted by atomic mass is 19.3. The Kier molecular flexibility index (Phi) is 3.07. The smallest absolute Gasteiger partial charge is 0.321 e. The third-order valence-corrected chi connectivity index (χ3v) is 3.62. The van der Waals surface area contributed by atoms with Crippen LogP contribution in [0.4, 0.5) is 8.78 Å². The van der Waals surface area contributed by atoms with E-state index in [1.54, 1.807) is 12.1 Å². The first-order valence-corrected chi connectivity index (χ1v) is 6.49. The maximum absolute atomic E-state index is 14.1. The van der Waals surface area contributed by atoms with Crippen LogP contribution in [0.1, 0.15) is 16.7 Å². The van der Waals surface area contributed by atoms with Crippen molar-refractivity contribution in [2.75, 3.05) is 6.54 Å². The van der Waals surface area contributed by atoms with Gasteiger partial charge in [0.15, 0.2) is 0 Å². The third-order valence-electron chi connectivity index (χ3n) is 3.62. The van der Waals surface area contributed by atoms with Gasteiger partial charge >= 0.3 is 5.92 Å². The Morgan fingerprint density at radius 1 is 0.947 bits per heavy atom. The lowest BCUT2D eigenvalue weighted by molar-refractivity contribution is -0.938. The zero-order valence-electron chi connectivity index (χ0n) is 10.6. The van der Waals surface area contributed by atoms with Gasteiger partial charge < -0.3 is 4.90 Å². The summed E-state index contributed by atoms with van der Waals surface area (Å²) in [6.45, 7) is 1.18. The minimum atomic E-state index is -2.72. The van der Waals surface area contributed by atoms with Crippen LogP contribution in [0.15, 0.2) is 54.6 Å². The van der Waals surface area contributed by atoms with Crippen LogP contribution in [0.25, 0.3) is 0 Å². The monoisotopic (exact) mass is 260 g/mol. The number of hydrogen-bond donors (Lipinski definition) is 1. The Morgan fingerprint density at radius 3 is 2.42 bits per heavy atom. The van der Waals surface area contributed by atoms with Crippen molar-refractivity contribution >= 4 is 0 Å². The van der Waals surface area contributed by atoms with Crippen LogP contribution < -0.4 is 4.90 Å². The number of hydrogen-bond acceptors (Lipinski definition) is 0. The number of nitrogens with one attached hydrogen (secondary N) is 1. The average molecular weight is 260 g/mol. The highest BCUT2D eigenvalue weighted by molar-refractivity contribution is 5.31. The van der Waals surface area contributed by atoms with E-state index in [-0.39, 0.29) is 12.1 Å². The molecule has 0 saturated carbocycles. The molecule has 0 spiro atoms. The molecule has 0 saturated heterocycles. The second-order valence-corrected chi connectivity index (χ2v) is 5.13. The van der Waals surface area contributed by atoms with Crippen molar-refractivity contribution in [2.45, 2.75) is 19.0 Å². The average Bonchev–Trinajstić information content (AvgIpc) is 2.39. The van der Waals surface area contributed by atoms with E-state index in [0.717, 1.165) is 16.0 Å². The number of quaternary nitrogens is 1. The van der Waals surface area contributed by atoms with Crippen molar-refractivity contribution in [1.29, 1.82) is 0 Å². The quantitative estimate of drug-likeness (QED) is 0.845. The standard InChI is InChI=1S/C16H15F2N/c17-16(18)12-19(10-13-6-2-1-3-7-13)11-14-8-4-5-9-15(14)16/h1-9H,10-12H2/p+1. The van der Waals surface area contributed by atoms with Crippen LogP contribution in [0.2, 0.25) is 0 Å². The van der Waals surface area contributed by atoms with Crippen molar-refractivity contribution in [3.05, 3.63) is 71.3 Å². The van der Waals surface area contributed by atoms with Gasteiger partial charge in [-0.05, 0) is 0 Å².